The molecule has 1 rings (SSSR count). The quantitative estimate of drug-likeness (QED) is 0.774. The van der Waals surface area contributed by atoms with E-state index in [-0.39, 0.29) is 0 Å². The minimum Gasteiger partial charge on any atom is -0.383 e. The molecule has 84 valence electrons. The van der Waals surface area contributed by atoms with E-state index < -0.39 is 0 Å². The summed E-state index contributed by atoms with van der Waals surface area (Å²) in [6, 6.07) is 3.97. The van der Waals surface area contributed by atoms with Crippen molar-refractivity contribution in [3.05, 3.63) is 17.3 Å². The lowest BCUT2D eigenvalue weighted by atomic mass is 10.3. The Morgan fingerprint density at radius 2 is 2.13 bits per heavy atom. The van der Waals surface area contributed by atoms with Crippen molar-refractivity contribution in [3.63, 3.8) is 0 Å². The van der Waals surface area contributed by atoms with Crippen molar-refractivity contribution >= 4 is 17.4 Å². The van der Waals surface area contributed by atoms with E-state index in [1.165, 1.54) is 0 Å². The third-order valence-corrected chi connectivity index (χ3v) is 2.27. The minimum absolute atomic E-state index is 0.357. The van der Waals surface area contributed by atoms with Crippen LogP contribution in [0.4, 0.5) is 5.82 Å². The first-order chi connectivity index (χ1) is 7.15. The van der Waals surface area contributed by atoms with Gasteiger partial charge in [-0.25, -0.2) is 0 Å². The average molecular weight is 230 g/mol. The molecule has 0 spiro atoms. The van der Waals surface area contributed by atoms with Crippen LogP contribution in [0.1, 0.15) is 13.8 Å². The van der Waals surface area contributed by atoms with Gasteiger partial charge in [0.15, 0.2) is 11.0 Å². The topological polar surface area (TPSA) is 38.2 Å². The largest absolute Gasteiger partial charge is 0.383 e. The predicted octanol–water partition coefficient (Wildman–Crippen LogP) is 1.99. The highest BCUT2D eigenvalue weighted by molar-refractivity contribution is 6.29. The van der Waals surface area contributed by atoms with Gasteiger partial charge in [0.25, 0.3) is 0 Å². The van der Waals surface area contributed by atoms with Gasteiger partial charge in [-0.1, -0.05) is 11.6 Å². The van der Waals surface area contributed by atoms with Gasteiger partial charge in [0.05, 0.1) is 6.61 Å². The highest BCUT2D eigenvalue weighted by atomic mass is 35.5. The number of hydrogen-bond acceptors (Lipinski definition) is 4. The molecular weight excluding hydrogens is 214 g/mol. The molecule has 0 bridgehead atoms. The van der Waals surface area contributed by atoms with Crippen LogP contribution in [0.25, 0.3) is 0 Å². The first-order valence-corrected chi connectivity index (χ1v) is 5.27. The van der Waals surface area contributed by atoms with Crippen LogP contribution in [0.5, 0.6) is 0 Å². The number of ether oxygens (including phenoxy) is 1. The lowest BCUT2D eigenvalue weighted by molar-refractivity contribution is 0.203. The highest BCUT2D eigenvalue weighted by Gasteiger charge is 2.11. The molecule has 15 heavy (non-hydrogen) atoms. The fraction of sp³-hybridized carbons (Fsp3) is 0.600. The van der Waals surface area contributed by atoms with Crippen molar-refractivity contribution in [1.29, 1.82) is 0 Å². The van der Waals surface area contributed by atoms with Crippen LogP contribution in [-0.4, -0.2) is 36.5 Å². The van der Waals surface area contributed by atoms with Gasteiger partial charge in [0.2, 0.25) is 0 Å². The zero-order chi connectivity index (χ0) is 11.3. The van der Waals surface area contributed by atoms with Crippen LogP contribution in [0.3, 0.4) is 0 Å². The minimum atomic E-state index is 0.357. The third kappa shape index (κ3) is 3.64. The van der Waals surface area contributed by atoms with E-state index in [4.69, 9.17) is 16.3 Å². The predicted molar refractivity (Wildman–Crippen MR) is 61.4 cm³/mol. The molecule has 0 atom stereocenters. The summed E-state index contributed by atoms with van der Waals surface area (Å²) in [5, 5.41) is 8.28. The van der Waals surface area contributed by atoms with E-state index >= 15 is 0 Å². The Kier molecular flexibility index (Phi) is 4.78. The summed E-state index contributed by atoms with van der Waals surface area (Å²) < 4.78 is 5.05. The summed E-state index contributed by atoms with van der Waals surface area (Å²) in [7, 11) is 1.69. The van der Waals surface area contributed by atoms with E-state index in [2.05, 4.69) is 28.9 Å². The Morgan fingerprint density at radius 3 is 2.60 bits per heavy atom. The van der Waals surface area contributed by atoms with Gasteiger partial charge in [-0.3, -0.25) is 0 Å². The van der Waals surface area contributed by atoms with Crippen molar-refractivity contribution in [3.8, 4) is 0 Å². The first kappa shape index (κ1) is 12.2. The standard InChI is InChI=1S/C10H16ClN3O/c1-8(2)14(6-7-15-3)10-5-4-9(11)12-13-10/h4-5,8H,6-7H2,1-3H3. The molecule has 0 radical (unpaired) electrons. The van der Waals surface area contributed by atoms with Crippen LogP contribution in [0.15, 0.2) is 12.1 Å². The van der Waals surface area contributed by atoms with Gasteiger partial charge in [0, 0.05) is 19.7 Å². The molecular formula is C10H16ClN3O. The molecule has 0 aliphatic carbocycles. The maximum atomic E-state index is 5.68. The number of nitrogens with zero attached hydrogens (tertiary/aromatic N) is 3. The van der Waals surface area contributed by atoms with E-state index in [1.807, 2.05) is 6.07 Å². The van der Waals surface area contributed by atoms with Crippen LogP contribution in [0, 0.1) is 0 Å². The second-order valence-corrected chi connectivity index (χ2v) is 3.88. The number of anilines is 1. The Morgan fingerprint density at radius 1 is 1.40 bits per heavy atom. The van der Waals surface area contributed by atoms with Crippen LogP contribution >= 0.6 is 11.6 Å². The number of rotatable bonds is 5. The summed E-state index contributed by atoms with van der Waals surface area (Å²) in [5.41, 5.74) is 0. The van der Waals surface area contributed by atoms with Crippen LogP contribution in [0.2, 0.25) is 5.15 Å². The van der Waals surface area contributed by atoms with Crippen LogP contribution < -0.4 is 4.90 Å². The van der Waals surface area contributed by atoms with Crippen molar-refractivity contribution in [2.75, 3.05) is 25.2 Å². The summed E-state index contributed by atoms with van der Waals surface area (Å²) in [4.78, 5) is 2.12. The third-order valence-electron chi connectivity index (χ3n) is 2.07. The molecule has 0 unspecified atom stereocenters. The Hall–Kier alpha value is -0.870. The van der Waals surface area contributed by atoms with E-state index in [9.17, 15) is 0 Å². The average Bonchev–Trinajstić information content (AvgIpc) is 2.21. The summed E-state index contributed by atoms with van der Waals surface area (Å²) in [6.45, 7) is 5.67. The molecule has 0 N–H and O–H groups in total. The summed E-state index contributed by atoms with van der Waals surface area (Å²) in [6.07, 6.45) is 0. The molecule has 0 saturated carbocycles. The Bertz CT molecular complexity index is 289. The molecule has 1 aromatic heterocycles. The summed E-state index contributed by atoms with van der Waals surface area (Å²) >= 11 is 5.68. The van der Waals surface area contributed by atoms with Crippen molar-refractivity contribution in [2.45, 2.75) is 19.9 Å². The number of hydrogen-bond donors (Lipinski definition) is 0. The van der Waals surface area contributed by atoms with E-state index in [0.29, 0.717) is 17.8 Å². The molecule has 0 amide bonds. The molecule has 0 aromatic carbocycles. The van der Waals surface area contributed by atoms with Gasteiger partial charge in [-0.2, -0.15) is 0 Å². The second-order valence-electron chi connectivity index (χ2n) is 3.49. The van der Waals surface area contributed by atoms with Gasteiger partial charge in [0.1, 0.15) is 0 Å². The maximum Gasteiger partial charge on any atom is 0.151 e. The number of aromatic nitrogens is 2. The first-order valence-electron chi connectivity index (χ1n) is 4.90. The SMILES string of the molecule is COCCN(c1ccc(Cl)nn1)C(C)C. The smallest absolute Gasteiger partial charge is 0.151 e. The van der Waals surface area contributed by atoms with Crippen molar-refractivity contribution in [1.82, 2.24) is 10.2 Å². The second kappa shape index (κ2) is 5.88. The van der Waals surface area contributed by atoms with Gasteiger partial charge >= 0.3 is 0 Å². The molecule has 0 saturated heterocycles. The molecule has 1 heterocycles. The fourth-order valence-electron chi connectivity index (χ4n) is 1.29. The molecule has 0 aliphatic rings. The van der Waals surface area contributed by atoms with Crippen molar-refractivity contribution < 1.29 is 4.74 Å². The van der Waals surface area contributed by atoms with Gasteiger partial charge in [-0.15, -0.1) is 10.2 Å². The lowest BCUT2D eigenvalue weighted by Gasteiger charge is -2.26. The van der Waals surface area contributed by atoms with E-state index in [0.717, 1.165) is 12.4 Å². The molecule has 0 aliphatic heterocycles. The Balaban J connectivity index is 2.74. The number of methoxy groups -OCH3 is 1. The highest BCUT2D eigenvalue weighted by Crippen LogP contribution is 2.14. The fourth-order valence-corrected chi connectivity index (χ4v) is 1.39. The monoisotopic (exact) mass is 229 g/mol. The zero-order valence-corrected chi connectivity index (χ0v) is 10.0. The van der Waals surface area contributed by atoms with Crippen LogP contribution in [-0.2, 0) is 4.74 Å². The lowest BCUT2D eigenvalue weighted by Crippen LogP contribution is -2.34. The van der Waals surface area contributed by atoms with Crippen molar-refractivity contribution in [2.24, 2.45) is 0 Å². The Labute approximate surface area is 95.2 Å². The van der Waals surface area contributed by atoms with Gasteiger partial charge < -0.3 is 9.64 Å². The maximum absolute atomic E-state index is 5.68. The molecule has 4 nitrogen and oxygen atoms in total. The zero-order valence-electron chi connectivity index (χ0n) is 9.27. The normalized spacial score (nSPS) is 10.7. The number of halogens is 1. The van der Waals surface area contributed by atoms with E-state index in [1.54, 1.807) is 13.2 Å². The molecule has 5 heteroatoms. The van der Waals surface area contributed by atoms with Gasteiger partial charge in [-0.05, 0) is 26.0 Å². The summed E-state index contributed by atoms with van der Waals surface area (Å²) in [5.74, 6) is 0.825. The molecule has 0 fully saturated rings. The molecule has 1 aromatic rings.